The molecule has 0 aromatic heterocycles. The van der Waals surface area contributed by atoms with Gasteiger partial charge in [0, 0.05) is 19.1 Å². The lowest BCUT2D eigenvalue weighted by molar-refractivity contribution is -0.340. The van der Waals surface area contributed by atoms with Gasteiger partial charge in [-0.25, -0.2) is 0 Å². The van der Waals surface area contributed by atoms with E-state index in [1.807, 2.05) is 0 Å². The fourth-order valence-electron chi connectivity index (χ4n) is 1.58. The summed E-state index contributed by atoms with van der Waals surface area (Å²) in [5.41, 5.74) is 5.37. The maximum atomic E-state index is 11.8. The van der Waals surface area contributed by atoms with Crippen LogP contribution in [-0.4, -0.2) is 43.5 Å². The molecule has 0 unspecified atom stereocenters. The van der Waals surface area contributed by atoms with Crippen molar-refractivity contribution < 1.29 is 17.9 Å². The van der Waals surface area contributed by atoms with Crippen molar-refractivity contribution in [3.63, 3.8) is 0 Å². The average Bonchev–Trinajstić information content (AvgIpc) is 2.26. The van der Waals surface area contributed by atoms with Crippen LogP contribution in [0.2, 0.25) is 0 Å². The molecule has 13 heavy (non-hydrogen) atoms. The monoisotopic (exact) mass is 198 g/mol. The minimum atomic E-state index is -4.53. The number of alkyl halides is 3. The molecule has 0 aromatic carbocycles. The van der Waals surface area contributed by atoms with Gasteiger partial charge >= 0.3 is 6.36 Å². The first-order chi connectivity index (χ1) is 5.92. The highest BCUT2D eigenvalue weighted by molar-refractivity contribution is 4.84. The first-order valence-corrected chi connectivity index (χ1v) is 4.07. The summed E-state index contributed by atoms with van der Waals surface area (Å²) in [6, 6.07) is 0.00681. The Morgan fingerprint density at radius 2 is 2.15 bits per heavy atom. The van der Waals surface area contributed by atoms with E-state index in [0.717, 1.165) is 0 Å². The molecule has 2 atom stereocenters. The van der Waals surface area contributed by atoms with Crippen LogP contribution in [-0.2, 0) is 4.74 Å². The number of nitrogens with zero attached hydrogens (tertiary/aromatic N) is 1. The van der Waals surface area contributed by atoms with Gasteiger partial charge in [-0.1, -0.05) is 0 Å². The van der Waals surface area contributed by atoms with Crippen LogP contribution < -0.4 is 5.73 Å². The Balaban J connectivity index is 2.40. The van der Waals surface area contributed by atoms with Gasteiger partial charge in [0.05, 0.1) is 6.10 Å². The van der Waals surface area contributed by atoms with E-state index in [9.17, 15) is 13.2 Å². The molecule has 0 aliphatic carbocycles. The Labute approximate surface area is 74.6 Å². The minimum Gasteiger partial charge on any atom is -0.329 e. The highest BCUT2D eigenvalue weighted by atomic mass is 19.4. The summed E-state index contributed by atoms with van der Waals surface area (Å²) in [5, 5.41) is 0. The van der Waals surface area contributed by atoms with Crippen LogP contribution in [0.1, 0.15) is 6.42 Å². The maximum Gasteiger partial charge on any atom is 0.522 e. The fourth-order valence-corrected chi connectivity index (χ4v) is 1.58. The van der Waals surface area contributed by atoms with E-state index >= 15 is 0 Å². The second-order valence-electron chi connectivity index (χ2n) is 3.25. The Morgan fingerprint density at radius 3 is 2.54 bits per heavy atom. The molecule has 78 valence electrons. The topological polar surface area (TPSA) is 38.5 Å². The summed E-state index contributed by atoms with van der Waals surface area (Å²) in [5.74, 6) is 0. The number of nitrogens with two attached hydrogens (primary N) is 1. The number of likely N-dealkylation sites (tertiary alicyclic amines) is 1. The molecule has 1 aliphatic heterocycles. The zero-order valence-corrected chi connectivity index (χ0v) is 7.34. The van der Waals surface area contributed by atoms with Crippen molar-refractivity contribution in [2.24, 2.45) is 5.73 Å². The lowest BCUT2D eigenvalue weighted by Gasteiger charge is -2.15. The molecule has 0 aromatic rings. The second kappa shape index (κ2) is 3.81. The number of hydrogen-bond donors (Lipinski definition) is 1. The molecule has 1 saturated heterocycles. The molecule has 3 nitrogen and oxygen atoms in total. The fraction of sp³-hybridized carbons (Fsp3) is 1.00. The SMILES string of the molecule is CN1C[C@@H](OC(F)(F)F)C[C@H]1CN. The third-order valence-corrected chi connectivity index (χ3v) is 2.22. The lowest BCUT2D eigenvalue weighted by atomic mass is 10.2. The van der Waals surface area contributed by atoms with Crippen LogP contribution in [0.5, 0.6) is 0 Å². The highest BCUT2D eigenvalue weighted by Crippen LogP contribution is 2.25. The van der Waals surface area contributed by atoms with Crippen LogP contribution in [0.3, 0.4) is 0 Å². The van der Waals surface area contributed by atoms with Gasteiger partial charge < -0.3 is 5.73 Å². The van der Waals surface area contributed by atoms with E-state index in [1.165, 1.54) is 0 Å². The van der Waals surface area contributed by atoms with Gasteiger partial charge in [-0.05, 0) is 13.5 Å². The quantitative estimate of drug-likeness (QED) is 0.704. The van der Waals surface area contributed by atoms with Crippen molar-refractivity contribution in [2.75, 3.05) is 20.1 Å². The van der Waals surface area contributed by atoms with Crippen LogP contribution in [0, 0.1) is 0 Å². The van der Waals surface area contributed by atoms with Gasteiger partial charge in [-0.3, -0.25) is 9.64 Å². The molecule has 0 radical (unpaired) electrons. The molecular formula is C7H13F3N2O. The van der Waals surface area contributed by atoms with Crippen molar-refractivity contribution in [2.45, 2.75) is 24.9 Å². The van der Waals surface area contributed by atoms with Crippen LogP contribution in [0.4, 0.5) is 13.2 Å². The van der Waals surface area contributed by atoms with Gasteiger partial charge in [-0.2, -0.15) is 0 Å². The maximum absolute atomic E-state index is 11.8. The van der Waals surface area contributed by atoms with Crippen LogP contribution in [0.15, 0.2) is 0 Å². The van der Waals surface area contributed by atoms with Gasteiger partial charge in [0.15, 0.2) is 0 Å². The van der Waals surface area contributed by atoms with E-state index in [2.05, 4.69) is 4.74 Å². The normalized spacial score (nSPS) is 31.2. The van der Waals surface area contributed by atoms with E-state index in [0.29, 0.717) is 19.5 Å². The third-order valence-electron chi connectivity index (χ3n) is 2.22. The molecule has 6 heteroatoms. The van der Waals surface area contributed by atoms with Gasteiger partial charge in [0.25, 0.3) is 0 Å². The zero-order chi connectivity index (χ0) is 10.1. The predicted octanol–water partition coefficient (Wildman–Crippen LogP) is 0.554. The van der Waals surface area contributed by atoms with Crippen molar-refractivity contribution >= 4 is 0 Å². The van der Waals surface area contributed by atoms with Crippen molar-refractivity contribution in [3.05, 3.63) is 0 Å². The van der Waals surface area contributed by atoms with E-state index in [4.69, 9.17) is 5.73 Å². The molecule has 0 spiro atoms. The summed E-state index contributed by atoms with van der Waals surface area (Å²) >= 11 is 0. The Kier molecular flexibility index (Phi) is 3.15. The molecule has 1 fully saturated rings. The second-order valence-corrected chi connectivity index (χ2v) is 3.25. The van der Waals surface area contributed by atoms with E-state index in [-0.39, 0.29) is 6.04 Å². The van der Waals surface area contributed by atoms with Crippen molar-refractivity contribution in [1.82, 2.24) is 4.90 Å². The van der Waals surface area contributed by atoms with Crippen LogP contribution >= 0.6 is 0 Å². The zero-order valence-electron chi connectivity index (χ0n) is 7.34. The van der Waals surface area contributed by atoms with Crippen LogP contribution in [0.25, 0.3) is 0 Å². The molecule has 0 amide bonds. The standard InChI is InChI=1S/C7H13F3N2O/c1-12-4-6(2-5(12)3-11)13-7(8,9)10/h5-6H,2-4,11H2,1H3/t5-,6-/m0/s1. The van der Waals surface area contributed by atoms with Gasteiger partial charge in [0.2, 0.25) is 0 Å². The smallest absolute Gasteiger partial charge is 0.329 e. The average molecular weight is 198 g/mol. The molecule has 1 rings (SSSR count). The molecular weight excluding hydrogens is 185 g/mol. The molecule has 2 N–H and O–H groups in total. The first-order valence-electron chi connectivity index (χ1n) is 4.07. The number of ether oxygens (including phenoxy) is 1. The molecule has 1 aliphatic rings. The highest BCUT2D eigenvalue weighted by Gasteiger charge is 2.38. The number of halogens is 3. The Hall–Kier alpha value is -0.330. The number of hydrogen-bond acceptors (Lipinski definition) is 3. The van der Waals surface area contributed by atoms with Gasteiger partial charge in [-0.15, -0.1) is 13.2 Å². The predicted molar refractivity (Wildman–Crippen MR) is 41.0 cm³/mol. The van der Waals surface area contributed by atoms with E-state index < -0.39 is 12.5 Å². The summed E-state index contributed by atoms with van der Waals surface area (Å²) < 4.78 is 39.3. The van der Waals surface area contributed by atoms with Crippen molar-refractivity contribution in [1.29, 1.82) is 0 Å². The van der Waals surface area contributed by atoms with Crippen molar-refractivity contribution in [3.8, 4) is 0 Å². The summed E-state index contributed by atoms with van der Waals surface area (Å²) in [6.07, 6.45) is -4.94. The lowest BCUT2D eigenvalue weighted by Crippen LogP contribution is -2.32. The molecule has 0 saturated carbocycles. The summed E-state index contributed by atoms with van der Waals surface area (Å²) in [7, 11) is 1.75. The largest absolute Gasteiger partial charge is 0.522 e. The minimum absolute atomic E-state index is 0.00681. The molecule has 1 heterocycles. The van der Waals surface area contributed by atoms with Gasteiger partial charge in [0.1, 0.15) is 0 Å². The summed E-state index contributed by atoms with van der Waals surface area (Å²) in [6.45, 7) is 0.662. The third kappa shape index (κ3) is 3.13. The Bertz CT molecular complexity index is 174. The number of likely N-dealkylation sites (N-methyl/N-ethyl adjacent to an activating group) is 1. The number of rotatable bonds is 2. The molecule has 0 bridgehead atoms. The first kappa shape index (κ1) is 10.7. The Morgan fingerprint density at radius 1 is 1.54 bits per heavy atom. The van der Waals surface area contributed by atoms with E-state index in [1.54, 1.807) is 11.9 Å². The summed E-state index contributed by atoms with van der Waals surface area (Å²) in [4.78, 5) is 1.79.